The number of carbonyl (C=O) groups excluding carboxylic acids is 1. The molecule has 2 atom stereocenters. The van der Waals surface area contributed by atoms with Crippen LogP contribution in [0.15, 0.2) is 42.5 Å². The van der Waals surface area contributed by atoms with Gasteiger partial charge in [-0.25, -0.2) is 0 Å². The summed E-state index contributed by atoms with van der Waals surface area (Å²) in [5.74, 6) is -0.302. The van der Waals surface area contributed by atoms with E-state index in [4.69, 9.17) is 33.7 Å². The second-order valence-electron chi connectivity index (χ2n) is 6.18. The fraction of sp³-hybridized carbons (Fsp3) is 0.278. The number of morpholine rings is 1. The number of nitrogens with one attached hydrogen (secondary N) is 2. The summed E-state index contributed by atoms with van der Waals surface area (Å²) in [5.41, 5.74) is 7.27. The Bertz CT molecular complexity index is 800. The van der Waals surface area contributed by atoms with Crippen LogP contribution in [0.3, 0.4) is 0 Å². The van der Waals surface area contributed by atoms with E-state index in [1.54, 1.807) is 18.2 Å². The molecule has 0 aromatic heterocycles. The highest BCUT2D eigenvalue weighted by atomic mass is 35.5. The van der Waals surface area contributed by atoms with Crippen LogP contribution in [-0.2, 0) is 10.3 Å². The van der Waals surface area contributed by atoms with Gasteiger partial charge in [0, 0.05) is 23.8 Å². The van der Waals surface area contributed by atoms with Crippen LogP contribution in [0.2, 0.25) is 10.0 Å². The third kappa shape index (κ3) is 4.14. The van der Waals surface area contributed by atoms with E-state index in [0.29, 0.717) is 34.4 Å². The Morgan fingerprint density at radius 3 is 2.84 bits per heavy atom. The summed E-state index contributed by atoms with van der Waals surface area (Å²) >= 11 is 12.0. The Balaban J connectivity index is 1.81. The molecular formula is C18H19Cl2N3O2. The minimum absolute atomic E-state index is 0.302. The number of anilines is 1. The third-order valence-corrected chi connectivity index (χ3v) is 4.67. The molecule has 1 aliphatic heterocycles. The van der Waals surface area contributed by atoms with Crippen LogP contribution in [-0.4, -0.2) is 25.2 Å². The van der Waals surface area contributed by atoms with Gasteiger partial charge in [0.25, 0.3) is 5.91 Å². The first-order valence-electron chi connectivity index (χ1n) is 7.88. The summed E-state index contributed by atoms with van der Waals surface area (Å²) in [6, 6.07) is 12.3. The van der Waals surface area contributed by atoms with Gasteiger partial charge in [0.2, 0.25) is 0 Å². The quantitative estimate of drug-likeness (QED) is 0.763. The molecule has 1 amide bonds. The van der Waals surface area contributed by atoms with Crippen molar-refractivity contribution < 1.29 is 9.53 Å². The standard InChI is InChI=1S/C18H19Cl2N3O2/c1-18(10-22-9-16(21)25-18)11-3-2-4-13(7-11)23-17(24)14-6-5-12(19)8-15(14)20/h2-8,16,22H,9-10,21H2,1H3,(H,23,24). The maximum Gasteiger partial charge on any atom is 0.257 e. The molecule has 25 heavy (non-hydrogen) atoms. The highest BCUT2D eigenvalue weighted by Gasteiger charge is 2.33. The first kappa shape index (κ1) is 18.2. The first-order valence-corrected chi connectivity index (χ1v) is 8.64. The van der Waals surface area contributed by atoms with E-state index < -0.39 is 5.60 Å². The van der Waals surface area contributed by atoms with Crippen LogP contribution in [0.1, 0.15) is 22.8 Å². The fourth-order valence-corrected chi connectivity index (χ4v) is 3.33. The van der Waals surface area contributed by atoms with Gasteiger partial charge < -0.3 is 21.1 Å². The average molecular weight is 380 g/mol. The van der Waals surface area contributed by atoms with Crippen LogP contribution in [0.4, 0.5) is 5.69 Å². The number of carbonyl (C=O) groups is 1. The van der Waals surface area contributed by atoms with Crippen molar-refractivity contribution in [2.45, 2.75) is 18.8 Å². The highest BCUT2D eigenvalue weighted by Crippen LogP contribution is 2.30. The molecule has 5 nitrogen and oxygen atoms in total. The molecule has 1 aliphatic rings. The Morgan fingerprint density at radius 2 is 2.12 bits per heavy atom. The number of ether oxygens (including phenoxy) is 1. The van der Waals surface area contributed by atoms with E-state index in [1.807, 2.05) is 31.2 Å². The zero-order valence-electron chi connectivity index (χ0n) is 13.7. The van der Waals surface area contributed by atoms with Crippen molar-refractivity contribution in [2.75, 3.05) is 18.4 Å². The van der Waals surface area contributed by atoms with Gasteiger partial charge in [0.1, 0.15) is 11.8 Å². The zero-order chi connectivity index (χ0) is 18.0. The number of benzene rings is 2. The third-order valence-electron chi connectivity index (χ3n) is 4.13. The summed E-state index contributed by atoms with van der Waals surface area (Å²) in [5, 5.41) is 6.89. The first-order chi connectivity index (χ1) is 11.9. The minimum atomic E-state index is -0.559. The van der Waals surface area contributed by atoms with Gasteiger partial charge >= 0.3 is 0 Å². The van der Waals surface area contributed by atoms with Crippen molar-refractivity contribution in [3.8, 4) is 0 Å². The molecule has 132 valence electrons. The second-order valence-corrected chi connectivity index (χ2v) is 7.02. The average Bonchev–Trinajstić information content (AvgIpc) is 2.54. The van der Waals surface area contributed by atoms with E-state index in [9.17, 15) is 4.79 Å². The van der Waals surface area contributed by atoms with Crippen molar-refractivity contribution >= 4 is 34.8 Å². The lowest BCUT2D eigenvalue weighted by atomic mass is 9.94. The lowest BCUT2D eigenvalue weighted by Gasteiger charge is -2.38. The maximum absolute atomic E-state index is 12.5. The molecule has 1 fully saturated rings. The second kappa shape index (κ2) is 7.32. The van der Waals surface area contributed by atoms with Crippen LogP contribution in [0.25, 0.3) is 0 Å². The Kier molecular flexibility index (Phi) is 5.32. The Morgan fingerprint density at radius 1 is 1.32 bits per heavy atom. The zero-order valence-corrected chi connectivity index (χ0v) is 15.2. The highest BCUT2D eigenvalue weighted by molar-refractivity contribution is 6.37. The van der Waals surface area contributed by atoms with Gasteiger partial charge in [-0.1, -0.05) is 35.3 Å². The van der Waals surface area contributed by atoms with Crippen LogP contribution in [0, 0.1) is 0 Å². The molecule has 0 saturated carbocycles. The summed E-state index contributed by atoms with van der Waals surface area (Å²) in [4.78, 5) is 12.5. The monoisotopic (exact) mass is 379 g/mol. The van der Waals surface area contributed by atoms with Crippen molar-refractivity contribution in [2.24, 2.45) is 5.73 Å². The van der Waals surface area contributed by atoms with E-state index >= 15 is 0 Å². The molecule has 7 heteroatoms. The molecule has 0 bridgehead atoms. The van der Waals surface area contributed by atoms with E-state index in [-0.39, 0.29) is 12.1 Å². The minimum Gasteiger partial charge on any atom is -0.350 e. The summed E-state index contributed by atoms with van der Waals surface area (Å²) in [6.07, 6.45) is -0.370. The van der Waals surface area contributed by atoms with E-state index in [0.717, 1.165) is 5.56 Å². The molecular weight excluding hydrogens is 361 g/mol. The molecule has 0 aliphatic carbocycles. The van der Waals surface area contributed by atoms with E-state index in [2.05, 4.69) is 10.6 Å². The molecule has 1 heterocycles. The predicted molar refractivity (Wildman–Crippen MR) is 100 cm³/mol. The largest absolute Gasteiger partial charge is 0.350 e. The lowest BCUT2D eigenvalue weighted by Crippen LogP contribution is -2.53. The van der Waals surface area contributed by atoms with Gasteiger partial charge in [-0.3, -0.25) is 4.79 Å². The van der Waals surface area contributed by atoms with Crippen molar-refractivity contribution in [1.82, 2.24) is 5.32 Å². The number of hydrogen-bond acceptors (Lipinski definition) is 4. The molecule has 1 saturated heterocycles. The molecule has 4 N–H and O–H groups in total. The van der Waals surface area contributed by atoms with Crippen LogP contribution >= 0.6 is 23.2 Å². The molecule has 3 rings (SSSR count). The fourth-order valence-electron chi connectivity index (χ4n) is 2.84. The lowest BCUT2D eigenvalue weighted by molar-refractivity contribution is -0.107. The maximum atomic E-state index is 12.5. The predicted octanol–water partition coefficient (Wildman–Crippen LogP) is 3.37. The molecule has 2 aromatic rings. The summed E-state index contributed by atoms with van der Waals surface area (Å²) in [7, 11) is 0. The van der Waals surface area contributed by atoms with Crippen molar-refractivity contribution in [3.63, 3.8) is 0 Å². The Labute approximate surface area is 156 Å². The normalized spacial score (nSPS) is 23.3. The number of halogens is 2. The Hall–Kier alpha value is -1.63. The van der Waals surface area contributed by atoms with Gasteiger partial charge in [0.15, 0.2) is 0 Å². The topological polar surface area (TPSA) is 76.4 Å². The van der Waals surface area contributed by atoms with Crippen LogP contribution < -0.4 is 16.4 Å². The van der Waals surface area contributed by atoms with Gasteiger partial charge in [-0.2, -0.15) is 0 Å². The van der Waals surface area contributed by atoms with Gasteiger partial charge in [0.05, 0.1) is 10.6 Å². The summed E-state index contributed by atoms with van der Waals surface area (Å²) < 4.78 is 5.90. The molecule has 2 unspecified atom stereocenters. The van der Waals surface area contributed by atoms with E-state index in [1.165, 1.54) is 0 Å². The van der Waals surface area contributed by atoms with Crippen molar-refractivity contribution in [3.05, 3.63) is 63.6 Å². The number of hydrogen-bond donors (Lipinski definition) is 3. The van der Waals surface area contributed by atoms with Gasteiger partial charge in [-0.15, -0.1) is 0 Å². The number of rotatable bonds is 3. The number of nitrogens with two attached hydrogens (primary N) is 1. The number of amides is 1. The summed E-state index contributed by atoms with van der Waals surface area (Å²) in [6.45, 7) is 3.22. The van der Waals surface area contributed by atoms with Gasteiger partial charge in [-0.05, 0) is 42.8 Å². The smallest absolute Gasteiger partial charge is 0.257 e. The van der Waals surface area contributed by atoms with Crippen LogP contribution in [0.5, 0.6) is 0 Å². The molecule has 2 aromatic carbocycles. The molecule has 0 spiro atoms. The molecule has 0 radical (unpaired) electrons. The van der Waals surface area contributed by atoms with Crippen molar-refractivity contribution in [1.29, 1.82) is 0 Å². The SMILES string of the molecule is CC1(c2cccc(NC(=O)c3ccc(Cl)cc3Cl)c2)CNCC(N)O1.